The molecule has 0 saturated carbocycles. The molecule has 0 aromatic heterocycles. The van der Waals surface area contributed by atoms with E-state index in [0.717, 1.165) is 0 Å². The van der Waals surface area contributed by atoms with Crippen LogP contribution in [0.1, 0.15) is 44.7 Å². The summed E-state index contributed by atoms with van der Waals surface area (Å²) in [6.07, 6.45) is 0.958. The second-order valence-electron chi connectivity index (χ2n) is 5.27. The molecule has 0 saturated heterocycles. The molecule has 0 aliphatic rings. The van der Waals surface area contributed by atoms with E-state index in [2.05, 4.69) is 17.8 Å². The van der Waals surface area contributed by atoms with E-state index < -0.39 is 40.0 Å². The highest BCUT2D eigenvalue weighted by molar-refractivity contribution is 5.44. The van der Waals surface area contributed by atoms with Gasteiger partial charge in [-0.25, -0.2) is 17.6 Å². The first-order chi connectivity index (χ1) is 10.2. The maximum Gasteiger partial charge on any atom is 0.177 e. The third kappa shape index (κ3) is 4.51. The molecule has 1 rings (SSSR count). The quantitative estimate of drug-likeness (QED) is 0.512. The summed E-state index contributed by atoms with van der Waals surface area (Å²) in [4.78, 5) is 0. The average molecular weight is 312 g/mol. The fraction of sp³-hybridized carbons (Fsp3) is 0.412. The molecule has 1 aromatic rings. The third-order valence-corrected chi connectivity index (χ3v) is 2.75. The van der Waals surface area contributed by atoms with Crippen LogP contribution in [0, 0.1) is 47.0 Å². The van der Waals surface area contributed by atoms with Gasteiger partial charge in [-0.3, -0.25) is 0 Å². The Kier molecular flexibility index (Phi) is 6.02. The molecular weight excluding hydrogens is 296 g/mol. The molecule has 0 aliphatic heterocycles. The Bertz CT molecular complexity index is 650. The van der Waals surface area contributed by atoms with Crippen LogP contribution in [-0.2, 0) is 6.42 Å². The summed E-state index contributed by atoms with van der Waals surface area (Å²) >= 11 is 0. The van der Waals surface area contributed by atoms with E-state index in [-0.39, 0.29) is 6.42 Å². The number of aliphatic hydroxyl groups is 1. The molecule has 0 amide bonds. The second kappa shape index (κ2) is 7.33. The van der Waals surface area contributed by atoms with E-state index in [9.17, 15) is 22.7 Å². The second-order valence-corrected chi connectivity index (χ2v) is 5.27. The third-order valence-electron chi connectivity index (χ3n) is 2.75. The molecule has 0 fully saturated rings. The van der Waals surface area contributed by atoms with E-state index >= 15 is 0 Å². The number of rotatable bonds is 3. The van der Waals surface area contributed by atoms with Crippen molar-refractivity contribution in [2.75, 3.05) is 0 Å². The van der Waals surface area contributed by atoms with Gasteiger partial charge >= 0.3 is 0 Å². The number of halogens is 4. The lowest BCUT2D eigenvalue weighted by Gasteiger charge is -2.08. The molecule has 118 valence electrons. The normalized spacial score (nSPS) is 10.5. The molecule has 1 aromatic carbocycles. The highest BCUT2D eigenvalue weighted by Gasteiger charge is 2.23. The predicted octanol–water partition coefficient (Wildman–Crippen LogP) is 3.71. The lowest BCUT2D eigenvalue weighted by Crippen LogP contribution is -2.14. The van der Waals surface area contributed by atoms with E-state index in [4.69, 9.17) is 0 Å². The molecule has 0 heterocycles. The highest BCUT2D eigenvalue weighted by Crippen LogP contribution is 2.25. The van der Waals surface area contributed by atoms with Gasteiger partial charge in [-0.1, -0.05) is 19.3 Å². The van der Waals surface area contributed by atoms with Crippen molar-refractivity contribution in [1.29, 1.82) is 0 Å². The van der Waals surface area contributed by atoms with Gasteiger partial charge < -0.3 is 5.11 Å². The van der Waals surface area contributed by atoms with Gasteiger partial charge in [0.1, 0.15) is 11.2 Å². The van der Waals surface area contributed by atoms with E-state index in [1.165, 1.54) is 13.8 Å². The van der Waals surface area contributed by atoms with Crippen LogP contribution in [0.3, 0.4) is 0 Å². The van der Waals surface area contributed by atoms with Gasteiger partial charge in [0.05, 0.1) is 0 Å². The summed E-state index contributed by atoms with van der Waals surface area (Å²) in [6.45, 7) is 4.58. The fourth-order valence-electron chi connectivity index (χ4n) is 1.64. The lowest BCUT2D eigenvalue weighted by molar-refractivity contribution is 0.143. The van der Waals surface area contributed by atoms with Crippen molar-refractivity contribution in [3.8, 4) is 23.7 Å². The molecule has 0 atom stereocenters. The Morgan fingerprint density at radius 3 is 1.95 bits per heavy atom. The fourth-order valence-corrected chi connectivity index (χ4v) is 1.64. The van der Waals surface area contributed by atoms with Crippen molar-refractivity contribution in [2.24, 2.45) is 0 Å². The van der Waals surface area contributed by atoms with Crippen LogP contribution in [0.2, 0.25) is 0 Å². The minimum absolute atomic E-state index is 0.0891. The Labute approximate surface area is 127 Å². The van der Waals surface area contributed by atoms with Crippen molar-refractivity contribution in [2.45, 2.75) is 45.6 Å². The van der Waals surface area contributed by atoms with E-state index in [1.54, 1.807) is 6.92 Å². The first kappa shape index (κ1) is 18.1. The number of hydrogen-bond acceptors (Lipinski definition) is 1. The van der Waals surface area contributed by atoms with Gasteiger partial charge in [0, 0.05) is 5.56 Å². The first-order valence-corrected chi connectivity index (χ1v) is 6.79. The van der Waals surface area contributed by atoms with Gasteiger partial charge in [-0.15, -0.1) is 0 Å². The number of unbranched alkanes of at least 4 members (excludes halogenated alkanes) is 1. The van der Waals surface area contributed by atoms with Crippen molar-refractivity contribution in [3.63, 3.8) is 0 Å². The van der Waals surface area contributed by atoms with E-state index in [1.807, 2.05) is 5.92 Å². The molecule has 0 aliphatic carbocycles. The first-order valence-electron chi connectivity index (χ1n) is 6.79. The zero-order valence-corrected chi connectivity index (χ0v) is 12.6. The molecule has 5 heteroatoms. The summed E-state index contributed by atoms with van der Waals surface area (Å²) in [5.41, 5.74) is -2.93. The molecule has 0 bridgehead atoms. The monoisotopic (exact) mass is 312 g/mol. The smallest absolute Gasteiger partial charge is 0.177 e. The van der Waals surface area contributed by atoms with Crippen LogP contribution < -0.4 is 0 Å². The van der Waals surface area contributed by atoms with Gasteiger partial charge in [0.2, 0.25) is 0 Å². The minimum atomic E-state index is -1.53. The van der Waals surface area contributed by atoms with Crippen molar-refractivity contribution in [1.82, 2.24) is 0 Å². The number of hydrogen-bond donors (Lipinski definition) is 1. The zero-order valence-electron chi connectivity index (χ0n) is 12.6. The maximum absolute atomic E-state index is 13.8. The van der Waals surface area contributed by atoms with Crippen LogP contribution in [0.5, 0.6) is 0 Å². The van der Waals surface area contributed by atoms with Gasteiger partial charge in [0.25, 0.3) is 0 Å². The van der Waals surface area contributed by atoms with E-state index in [0.29, 0.717) is 12.8 Å². The van der Waals surface area contributed by atoms with Crippen LogP contribution in [0.25, 0.3) is 0 Å². The highest BCUT2D eigenvalue weighted by atomic mass is 19.2. The van der Waals surface area contributed by atoms with Crippen molar-refractivity contribution < 1.29 is 22.7 Å². The maximum atomic E-state index is 13.8. The summed E-state index contributed by atoms with van der Waals surface area (Å²) in [7, 11) is 0. The Hall–Kier alpha value is -1.98. The topological polar surface area (TPSA) is 20.2 Å². The van der Waals surface area contributed by atoms with Gasteiger partial charge in [-0.05, 0) is 44.5 Å². The minimum Gasteiger partial charge on any atom is -0.378 e. The average Bonchev–Trinajstić information content (AvgIpc) is 2.43. The Balaban J connectivity index is 3.29. The molecule has 0 spiro atoms. The van der Waals surface area contributed by atoms with Crippen LogP contribution in [0.4, 0.5) is 17.6 Å². The van der Waals surface area contributed by atoms with Crippen LogP contribution in [0.15, 0.2) is 0 Å². The molecular formula is C17H16F4O. The summed E-state index contributed by atoms with van der Waals surface area (Å²) < 4.78 is 55.2. The summed E-state index contributed by atoms with van der Waals surface area (Å²) in [5, 5.41) is 9.32. The van der Waals surface area contributed by atoms with Crippen LogP contribution in [-0.4, -0.2) is 10.7 Å². The van der Waals surface area contributed by atoms with Crippen molar-refractivity contribution >= 4 is 0 Å². The molecule has 22 heavy (non-hydrogen) atoms. The Morgan fingerprint density at radius 2 is 1.50 bits per heavy atom. The standard InChI is InChI=1S/C17H16F4O/c1-4-5-8-11-13(18)15(20)12(16(21)14(11)19)9-6-7-10-17(2,3)22/h22H,4-5,8H2,1-3H3. The van der Waals surface area contributed by atoms with Gasteiger partial charge in [-0.2, -0.15) is 0 Å². The predicted molar refractivity (Wildman–Crippen MR) is 75.8 cm³/mol. The van der Waals surface area contributed by atoms with Crippen molar-refractivity contribution in [3.05, 3.63) is 34.4 Å². The largest absolute Gasteiger partial charge is 0.378 e. The zero-order chi connectivity index (χ0) is 16.9. The van der Waals surface area contributed by atoms with Crippen LogP contribution >= 0.6 is 0 Å². The summed E-state index contributed by atoms with van der Waals surface area (Å²) in [6, 6.07) is 0. The number of benzene rings is 1. The SMILES string of the molecule is CCCCc1c(F)c(F)c(C#CC#CC(C)(C)O)c(F)c1F. The Morgan fingerprint density at radius 1 is 0.955 bits per heavy atom. The molecule has 0 radical (unpaired) electrons. The molecule has 1 N–H and O–H groups in total. The summed E-state index contributed by atoms with van der Waals surface area (Å²) in [5.74, 6) is 2.60. The molecule has 0 unspecified atom stereocenters. The van der Waals surface area contributed by atoms with Gasteiger partial charge in [0.15, 0.2) is 23.3 Å². The molecule has 1 nitrogen and oxygen atoms in total. The lowest BCUT2D eigenvalue weighted by atomic mass is 10.0.